The highest BCUT2D eigenvalue weighted by atomic mass is 31.2. The van der Waals surface area contributed by atoms with Crippen molar-refractivity contribution in [3.8, 4) is 0 Å². The predicted octanol–water partition coefficient (Wildman–Crippen LogP) is 12.3. The molecule has 0 fully saturated rings. The molecular weight excluding hydrogens is 707 g/mol. The van der Waals surface area contributed by atoms with E-state index >= 15 is 0 Å². The molecule has 0 saturated heterocycles. The third-order valence-corrected chi connectivity index (χ3v) is 11.4. The summed E-state index contributed by atoms with van der Waals surface area (Å²) < 4.78 is 23.2. The molecule has 0 heterocycles. The van der Waals surface area contributed by atoms with Gasteiger partial charge in [-0.05, 0) is 44.9 Å². The van der Waals surface area contributed by atoms with Crippen molar-refractivity contribution in [2.45, 2.75) is 225 Å². The maximum absolute atomic E-state index is 12.8. The zero-order valence-corrected chi connectivity index (χ0v) is 37.8. The number of allylic oxidation sites excluding steroid dienone is 3. The number of phosphoric acid groups is 1. The summed E-state index contributed by atoms with van der Waals surface area (Å²) in [5, 5.41) is 13.8. The number of quaternary nitrogens is 1. The molecule has 0 saturated carbocycles. The number of carbonyl (C=O) groups excluding carboxylic acids is 1. The standard InChI is InChI=1S/C46H91N2O6P/c1-6-8-10-12-14-16-18-20-22-23-24-26-27-29-31-33-35-37-39-45(49)44(43-54-55(51,52)53-42-41-48(3,4)5)47-46(50)40-38-36-34-32-30-28-25-21-19-17-15-13-11-9-7-2/h21,25,37,39,44-45,49H,6-20,22-24,26-36,38,40-43H2,1-5H3,(H-,47,50,51,52)/b25-21-,39-37+. The minimum Gasteiger partial charge on any atom is -0.756 e. The molecule has 0 aliphatic carbocycles. The van der Waals surface area contributed by atoms with Gasteiger partial charge in [-0.25, -0.2) is 0 Å². The summed E-state index contributed by atoms with van der Waals surface area (Å²) in [7, 11) is 1.26. The SMILES string of the molecule is CCCCCCCC/C=C\CCCCCCCC(=O)NC(COP(=O)([O-])OCC[N+](C)(C)C)C(O)/C=C/CCCCCCCCCCCCCCCCCC. The molecule has 326 valence electrons. The van der Waals surface area contributed by atoms with Gasteiger partial charge in [0.25, 0.3) is 7.82 Å². The van der Waals surface area contributed by atoms with Crippen LogP contribution >= 0.6 is 7.82 Å². The van der Waals surface area contributed by atoms with E-state index in [1.807, 2.05) is 27.2 Å². The van der Waals surface area contributed by atoms with Crippen molar-refractivity contribution in [2.24, 2.45) is 0 Å². The Labute approximate surface area is 341 Å². The Morgan fingerprint density at radius 3 is 1.42 bits per heavy atom. The lowest BCUT2D eigenvalue weighted by atomic mass is 10.0. The molecule has 3 unspecified atom stereocenters. The zero-order chi connectivity index (χ0) is 40.7. The molecule has 0 spiro atoms. The van der Waals surface area contributed by atoms with Crippen molar-refractivity contribution in [2.75, 3.05) is 40.9 Å². The molecule has 0 rings (SSSR count). The molecule has 3 atom stereocenters. The van der Waals surface area contributed by atoms with E-state index in [2.05, 4.69) is 31.3 Å². The Morgan fingerprint density at radius 2 is 1.00 bits per heavy atom. The van der Waals surface area contributed by atoms with Crippen LogP contribution < -0.4 is 10.2 Å². The van der Waals surface area contributed by atoms with Gasteiger partial charge in [0.1, 0.15) is 13.2 Å². The third-order valence-electron chi connectivity index (χ3n) is 10.4. The Morgan fingerprint density at radius 1 is 0.618 bits per heavy atom. The molecule has 0 radical (unpaired) electrons. The van der Waals surface area contributed by atoms with Crippen LogP contribution in [-0.4, -0.2) is 68.5 Å². The lowest BCUT2D eigenvalue weighted by molar-refractivity contribution is -0.870. The van der Waals surface area contributed by atoms with Gasteiger partial charge in [-0.2, -0.15) is 0 Å². The van der Waals surface area contributed by atoms with Crippen molar-refractivity contribution >= 4 is 13.7 Å². The highest BCUT2D eigenvalue weighted by Gasteiger charge is 2.23. The normalized spacial score (nSPS) is 14.5. The lowest BCUT2D eigenvalue weighted by Gasteiger charge is -2.29. The fraction of sp³-hybridized carbons (Fsp3) is 0.891. The summed E-state index contributed by atoms with van der Waals surface area (Å²) in [4.78, 5) is 25.3. The van der Waals surface area contributed by atoms with Crippen molar-refractivity contribution in [3.05, 3.63) is 24.3 Å². The fourth-order valence-corrected chi connectivity index (χ4v) is 7.40. The van der Waals surface area contributed by atoms with Gasteiger partial charge in [0, 0.05) is 6.42 Å². The molecule has 0 aliphatic heterocycles. The summed E-state index contributed by atoms with van der Waals surface area (Å²) in [6.07, 6.45) is 45.0. The number of nitrogens with one attached hydrogen (secondary N) is 1. The van der Waals surface area contributed by atoms with E-state index in [9.17, 15) is 19.4 Å². The third kappa shape index (κ3) is 41.0. The van der Waals surface area contributed by atoms with E-state index < -0.39 is 20.0 Å². The van der Waals surface area contributed by atoms with Gasteiger partial charge in [0.05, 0.1) is 39.9 Å². The van der Waals surface area contributed by atoms with Crippen molar-refractivity contribution in [1.82, 2.24) is 5.32 Å². The van der Waals surface area contributed by atoms with Crippen molar-refractivity contribution in [3.63, 3.8) is 0 Å². The first-order valence-electron chi connectivity index (χ1n) is 23.2. The first-order valence-corrected chi connectivity index (χ1v) is 24.7. The van der Waals surface area contributed by atoms with Gasteiger partial charge in [0.15, 0.2) is 0 Å². The number of aliphatic hydroxyl groups is 1. The summed E-state index contributed by atoms with van der Waals surface area (Å²) in [6, 6.07) is -0.887. The first kappa shape index (κ1) is 54.0. The summed E-state index contributed by atoms with van der Waals surface area (Å²) in [5.74, 6) is -0.205. The fourth-order valence-electron chi connectivity index (χ4n) is 6.68. The van der Waals surface area contributed by atoms with Crippen LogP contribution in [-0.2, 0) is 18.4 Å². The van der Waals surface area contributed by atoms with Crippen LogP contribution in [0, 0.1) is 0 Å². The van der Waals surface area contributed by atoms with Gasteiger partial charge in [0.2, 0.25) is 5.91 Å². The van der Waals surface area contributed by atoms with Gasteiger partial charge in [-0.3, -0.25) is 9.36 Å². The monoisotopic (exact) mass is 799 g/mol. The number of unbranched alkanes of at least 4 members (excludes halogenated alkanes) is 27. The topological polar surface area (TPSA) is 108 Å². The minimum absolute atomic E-state index is 0.00144. The number of carbonyl (C=O) groups is 1. The molecule has 1 amide bonds. The van der Waals surface area contributed by atoms with E-state index in [4.69, 9.17) is 9.05 Å². The molecule has 55 heavy (non-hydrogen) atoms. The zero-order valence-electron chi connectivity index (χ0n) is 36.9. The van der Waals surface area contributed by atoms with Crippen LogP contribution in [0.4, 0.5) is 0 Å². The predicted molar refractivity (Wildman–Crippen MR) is 233 cm³/mol. The molecule has 0 aromatic carbocycles. The number of hydrogen-bond donors (Lipinski definition) is 2. The lowest BCUT2D eigenvalue weighted by Crippen LogP contribution is -2.45. The second-order valence-corrected chi connectivity index (χ2v) is 18.5. The molecular formula is C46H91N2O6P. The van der Waals surface area contributed by atoms with Crippen LogP contribution in [0.25, 0.3) is 0 Å². The van der Waals surface area contributed by atoms with Gasteiger partial charge in [-0.1, -0.05) is 186 Å². The smallest absolute Gasteiger partial charge is 0.268 e. The number of aliphatic hydroxyl groups excluding tert-OH is 1. The molecule has 0 aromatic rings. The number of amides is 1. The van der Waals surface area contributed by atoms with Crippen LogP contribution in [0.2, 0.25) is 0 Å². The largest absolute Gasteiger partial charge is 0.756 e. The average molecular weight is 799 g/mol. The van der Waals surface area contributed by atoms with Gasteiger partial charge >= 0.3 is 0 Å². The average Bonchev–Trinajstić information content (AvgIpc) is 3.13. The van der Waals surface area contributed by atoms with E-state index in [-0.39, 0.29) is 19.1 Å². The quantitative estimate of drug-likeness (QED) is 0.0276. The van der Waals surface area contributed by atoms with Crippen molar-refractivity contribution in [1.29, 1.82) is 0 Å². The molecule has 9 heteroatoms. The number of nitrogens with zero attached hydrogens (tertiary/aromatic N) is 1. The highest BCUT2D eigenvalue weighted by molar-refractivity contribution is 7.45. The second kappa shape index (κ2) is 38.5. The summed E-state index contributed by atoms with van der Waals surface area (Å²) in [5.41, 5.74) is 0. The Kier molecular flexibility index (Phi) is 37.8. The van der Waals surface area contributed by atoms with E-state index in [0.29, 0.717) is 17.4 Å². The van der Waals surface area contributed by atoms with E-state index in [1.165, 1.54) is 141 Å². The first-order chi connectivity index (χ1) is 26.5. The summed E-state index contributed by atoms with van der Waals surface area (Å²) >= 11 is 0. The molecule has 8 nitrogen and oxygen atoms in total. The maximum Gasteiger partial charge on any atom is 0.268 e. The van der Waals surface area contributed by atoms with E-state index in [1.54, 1.807) is 6.08 Å². The highest BCUT2D eigenvalue weighted by Crippen LogP contribution is 2.38. The number of likely N-dealkylation sites (N-methyl/N-ethyl adjacent to an activating group) is 1. The number of phosphoric ester groups is 1. The Balaban J connectivity index is 4.40. The van der Waals surface area contributed by atoms with Crippen LogP contribution in [0.15, 0.2) is 24.3 Å². The Bertz CT molecular complexity index is 953. The number of hydrogen-bond acceptors (Lipinski definition) is 6. The number of rotatable bonds is 42. The van der Waals surface area contributed by atoms with Crippen LogP contribution in [0.1, 0.15) is 213 Å². The van der Waals surface area contributed by atoms with Gasteiger partial charge < -0.3 is 28.8 Å². The minimum atomic E-state index is -4.59. The molecule has 0 aliphatic rings. The second-order valence-electron chi connectivity index (χ2n) is 17.1. The van der Waals surface area contributed by atoms with Gasteiger partial charge in [-0.15, -0.1) is 0 Å². The Hall–Kier alpha value is -1.02. The molecule has 2 N–H and O–H groups in total. The molecule has 0 aromatic heterocycles. The van der Waals surface area contributed by atoms with Crippen LogP contribution in [0.5, 0.6) is 0 Å². The molecule has 0 bridgehead atoms. The van der Waals surface area contributed by atoms with Crippen LogP contribution in [0.3, 0.4) is 0 Å². The van der Waals surface area contributed by atoms with Crippen molar-refractivity contribution < 1.29 is 32.9 Å². The van der Waals surface area contributed by atoms with E-state index in [0.717, 1.165) is 51.4 Å². The summed E-state index contributed by atoms with van der Waals surface area (Å²) in [6.45, 7) is 4.64. The maximum atomic E-state index is 12.8.